The zero-order chi connectivity index (χ0) is 26.3. The molecule has 2 aromatic carbocycles. The molecule has 0 aliphatic rings. The second-order valence-electron chi connectivity index (χ2n) is 8.24. The summed E-state index contributed by atoms with van der Waals surface area (Å²) in [5, 5.41) is 29.8. The predicted molar refractivity (Wildman–Crippen MR) is 128 cm³/mol. The lowest BCUT2D eigenvalue weighted by atomic mass is 10.0. The minimum Gasteiger partial charge on any atom is -0.421 e. The number of hydrogen-bond acceptors (Lipinski definition) is 9. The number of anilines is 1. The fourth-order valence-corrected chi connectivity index (χ4v) is 4.09. The number of sulfone groups is 1. The van der Waals surface area contributed by atoms with E-state index in [9.17, 15) is 27.4 Å². The van der Waals surface area contributed by atoms with E-state index in [2.05, 4.69) is 25.5 Å². The Hall–Kier alpha value is -3.39. The SMILES string of the molecule is CC(CO)(CO)Nc1nc(Oc2ccc(F)cc2F)nc2n[nH]c(-c3cc(S(C)(=O)=O)ccc3Cl)c12. The largest absolute Gasteiger partial charge is 0.421 e. The Bertz CT molecular complexity index is 1560. The van der Waals surface area contributed by atoms with E-state index in [4.69, 9.17) is 16.3 Å². The molecule has 0 radical (unpaired) electrons. The number of benzene rings is 2. The summed E-state index contributed by atoms with van der Waals surface area (Å²) in [6.45, 7) is 0.503. The van der Waals surface area contributed by atoms with Crippen LogP contribution < -0.4 is 10.1 Å². The summed E-state index contributed by atoms with van der Waals surface area (Å²) in [4.78, 5) is 8.41. The number of H-pyrrole nitrogens is 1. The molecule has 0 aliphatic heterocycles. The van der Waals surface area contributed by atoms with E-state index in [0.29, 0.717) is 6.07 Å². The molecular weight excluding hydrogens is 520 g/mol. The average molecular weight is 540 g/mol. The van der Waals surface area contributed by atoms with Crippen molar-refractivity contribution in [2.24, 2.45) is 0 Å². The minimum absolute atomic E-state index is 0.00220. The van der Waals surface area contributed by atoms with Gasteiger partial charge < -0.3 is 20.3 Å². The number of rotatable bonds is 8. The van der Waals surface area contributed by atoms with Crippen LogP contribution in [-0.4, -0.2) is 63.8 Å². The number of ether oxygens (including phenoxy) is 1. The second kappa shape index (κ2) is 9.58. The molecule has 0 atom stereocenters. The van der Waals surface area contributed by atoms with Crippen LogP contribution in [0, 0.1) is 11.6 Å². The van der Waals surface area contributed by atoms with Gasteiger partial charge in [-0.3, -0.25) is 5.10 Å². The van der Waals surface area contributed by atoms with Gasteiger partial charge in [0.15, 0.2) is 27.1 Å². The molecule has 0 saturated carbocycles. The average Bonchev–Trinajstić information content (AvgIpc) is 3.24. The van der Waals surface area contributed by atoms with E-state index in [-0.39, 0.29) is 49.8 Å². The van der Waals surface area contributed by atoms with Crippen molar-refractivity contribution in [1.29, 1.82) is 0 Å². The van der Waals surface area contributed by atoms with Gasteiger partial charge in [0.05, 0.1) is 39.8 Å². The molecule has 0 bridgehead atoms. The first-order chi connectivity index (χ1) is 16.9. The van der Waals surface area contributed by atoms with E-state index >= 15 is 0 Å². The van der Waals surface area contributed by atoms with Crippen molar-refractivity contribution in [3.63, 3.8) is 0 Å². The highest BCUT2D eigenvalue weighted by Gasteiger charge is 2.27. The van der Waals surface area contributed by atoms with Crippen molar-refractivity contribution in [2.45, 2.75) is 17.4 Å². The van der Waals surface area contributed by atoms with E-state index in [1.807, 2.05) is 0 Å². The molecule has 0 fully saturated rings. The van der Waals surface area contributed by atoms with Gasteiger partial charge in [-0.15, -0.1) is 0 Å². The minimum atomic E-state index is -3.57. The summed E-state index contributed by atoms with van der Waals surface area (Å²) in [5.74, 6) is -2.14. The summed E-state index contributed by atoms with van der Waals surface area (Å²) in [5.41, 5.74) is -0.756. The van der Waals surface area contributed by atoms with Gasteiger partial charge in [0.25, 0.3) is 0 Å². The molecule has 0 saturated heterocycles. The van der Waals surface area contributed by atoms with E-state index in [1.54, 1.807) is 0 Å². The lowest BCUT2D eigenvalue weighted by Crippen LogP contribution is -2.42. The number of halogens is 3. The van der Waals surface area contributed by atoms with Crippen LogP contribution >= 0.6 is 11.6 Å². The second-order valence-corrected chi connectivity index (χ2v) is 10.7. The Morgan fingerprint density at radius 2 is 1.86 bits per heavy atom. The maximum absolute atomic E-state index is 14.1. The molecule has 0 aliphatic carbocycles. The Morgan fingerprint density at radius 1 is 1.14 bits per heavy atom. The van der Waals surface area contributed by atoms with Gasteiger partial charge in [0.2, 0.25) is 0 Å². The molecule has 36 heavy (non-hydrogen) atoms. The van der Waals surface area contributed by atoms with Gasteiger partial charge in [0, 0.05) is 17.9 Å². The van der Waals surface area contributed by atoms with Crippen molar-refractivity contribution < 1.29 is 32.1 Å². The lowest BCUT2D eigenvalue weighted by molar-refractivity contribution is 0.147. The lowest BCUT2D eigenvalue weighted by Gasteiger charge is -2.27. The van der Waals surface area contributed by atoms with Crippen LogP contribution in [0.1, 0.15) is 6.92 Å². The number of aromatic amines is 1. The molecule has 0 unspecified atom stereocenters. The first-order valence-corrected chi connectivity index (χ1v) is 12.6. The van der Waals surface area contributed by atoms with Crippen molar-refractivity contribution in [3.8, 4) is 23.0 Å². The first-order valence-electron chi connectivity index (χ1n) is 10.3. The molecule has 4 N–H and O–H groups in total. The first kappa shape index (κ1) is 25.7. The highest BCUT2D eigenvalue weighted by molar-refractivity contribution is 7.90. The number of aliphatic hydroxyl groups is 2. The van der Waals surface area contributed by atoms with Gasteiger partial charge >= 0.3 is 6.01 Å². The number of aromatic nitrogens is 4. The summed E-state index contributed by atoms with van der Waals surface area (Å²) < 4.78 is 57.0. The maximum atomic E-state index is 14.1. The van der Waals surface area contributed by atoms with Gasteiger partial charge in [-0.2, -0.15) is 15.1 Å². The third kappa shape index (κ3) is 5.09. The van der Waals surface area contributed by atoms with Crippen molar-refractivity contribution in [3.05, 3.63) is 53.1 Å². The molecule has 4 rings (SSSR count). The number of fused-ring (bicyclic) bond motifs is 1. The zero-order valence-electron chi connectivity index (χ0n) is 18.9. The van der Waals surface area contributed by atoms with Crippen molar-refractivity contribution >= 4 is 38.3 Å². The van der Waals surface area contributed by atoms with Crippen LogP contribution in [-0.2, 0) is 9.84 Å². The summed E-state index contributed by atoms with van der Waals surface area (Å²) >= 11 is 6.37. The Morgan fingerprint density at radius 3 is 2.50 bits per heavy atom. The highest BCUT2D eigenvalue weighted by Crippen LogP contribution is 2.38. The fourth-order valence-electron chi connectivity index (χ4n) is 3.23. The van der Waals surface area contributed by atoms with Gasteiger partial charge in [-0.1, -0.05) is 11.6 Å². The molecule has 4 aromatic rings. The Balaban J connectivity index is 1.92. The van der Waals surface area contributed by atoms with Crippen LogP contribution in [0.2, 0.25) is 5.02 Å². The molecule has 2 heterocycles. The highest BCUT2D eigenvalue weighted by atomic mass is 35.5. The molecule has 0 spiro atoms. The summed E-state index contributed by atoms with van der Waals surface area (Å²) in [7, 11) is -3.57. The van der Waals surface area contributed by atoms with Crippen LogP contribution in [0.3, 0.4) is 0 Å². The predicted octanol–water partition coefficient (Wildman–Crippen LogP) is 3.30. The zero-order valence-corrected chi connectivity index (χ0v) is 20.5. The van der Waals surface area contributed by atoms with E-state index < -0.39 is 40.2 Å². The molecule has 0 amide bonds. The number of nitrogens with zero attached hydrogens (tertiary/aromatic N) is 3. The van der Waals surface area contributed by atoms with Crippen LogP contribution in [0.25, 0.3) is 22.3 Å². The van der Waals surface area contributed by atoms with Crippen molar-refractivity contribution in [2.75, 3.05) is 24.8 Å². The molecule has 2 aromatic heterocycles. The summed E-state index contributed by atoms with van der Waals surface area (Å²) in [6.07, 6.45) is 1.05. The number of aliphatic hydroxyl groups excluding tert-OH is 2. The van der Waals surface area contributed by atoms with E-state index in [1.165, 1.54) is 25.1 Å². The normalized spacial score (nSPS) is 12.2. The van der Waals surface area contributed by atoms with Gasteiger partial charge in [-0.25, -0.2) is 17.2 Å². The molecule has 14 heteroatoms. The number of nitrogens with one attached hydrogen (secondary N) is 2. The van der Waals surface area contributed by atoms with Crippen LogP contribution in [0.5, 0.6) is 11.8 Å². The Kier molecular flexibility index (Phi) is 6.84. The van der Waals surface area contributed by atoms with Gasteiger partial charge in [-0.05, 0) is 37.3 Å². The quantitative estimate of drug-likeness (QED) is 0.264. The maximum Gasteiger partial charge on any atom is 0.326 e. The third-order valence-corrected chi connectivity index (χ3v) is 6.68. The standard InChI is InChI=1S/C22H20ClF2N5O5S/c1-22(9-31,10-32)28-19-17-18(13-8-12(36(2,33)34)4-5-14(13)23)29-30-20(17)27-21(26-19)35-16-6-3-11(24)7-15(16)25/h3-8,31-32H,9-10H2,1-2H3,(H2,26,27,28,29,30). The topological polar surface area (TPSA) is 150 Å². The smallest absolute Gasteiger partial charge is 0.326 e. The van der Waals surface area contributed by atoms with Crippen molar-refractivity contribution in [1.82, 2.24) is 20.2 Å². The third-order valence-electron chi connectivity index (χ3n) is 5.24. The van der Waals surface area contributed by atoms with Crippen LogP contribution in [0.15, 0.2) is 41.3 Å². The number of hydrogen-bond donors (Lipinski definition) is 4. The monoisotopic (exact) mass is 539 g/mol. The van der Waals surface area contributed by atoms with E-state index in [0.717, 1.165) is 18.4 Å². The summed E-state index contributed by atoms with van der Waals surface area (Å²) in [6, 6.07) is 6.43. The Labute approximate surface area is 208 Å². The van der Waals surface area contributed by atoms with Gasteiger partial charge in [0.1, 0.15) is 11.6 Å². The molecule has 10 nitrogen and oxygen atoms in total. The fraction of sp³-hybridized carbons (Fsp3) is 0.227. The molecule has 190 valence electrons. The molecular formula is C22H20ClF2N5O5S. The van der Waals surface area contributed by atoms with Crippen LogP contribution in [0.4, 0.5) is 14.6 Å².